The molecule has 0 heterocycles. The van der Waals surface area contributed by atoms with E-state index in [1.807, 2.05) is 30.3 Å². The van der Waals surface area contributed by atoms with E-state index in [9.17, 15) is 14.7 Å². The summed E-state index contributed by atoms with van der Waals surface area (Å²) in [6.07, 6.45) is 1.76. The summed E-state index contributed by atoms with van der Waals surface area (Å²) >= 11 is 1.50. The SMILES string of the molecule is CN(C#N)C(=O)[C@H](CSCc1ccccc1)NC(=O)c1ccc(O)cc1. The van der Waals surface area contributed by atoms with Gasteiger partial charge in [0.25, 0.3) is 11.8 Å². The number of aromatic hydroxyl groups is 1. The first-order valence-electron chi connectivity index (χ1n) is 7.90. The first-order valence-corrected chi connectivity index (χ1v) is 9.05. The fourth-order valence-electron chi connectivity index (χ4n) is 2.18. The molecular formula is C19H19N3O3S. The van der Waals surface area contributed by atoms with Crippen LogP contribution in [0.5, 0.6) is 5.75 Å². The molecule has 0 saturated carbocycles. The molecule has 0 aromatic heterocycles. The molecule has 0 unspecified atom stereocenters. The molecule has 6 nitrogen and oxygen atoms in total. The monoisotopic (exact) mass is 369 g/mol. The number of likely N-dealkylation sites (N-methyl/N-ethyl adjacent to an activating group) is 1. The Balaban J connectivity index is 2.03. The van der Waals surface area contributed by atoms with E-state index in [-0.39, 0.29) is 5.75 Å². The summed E-state index contributed by atoms with van der Waals surface area (Å²) in [4.78, 5) is 25.6. The number of carbonyl (C=O) groups is 2. The van der Waals surface area contributed by atoms with Crippen molar-refractivity contribution < 1.29 is 14.7 Å². The van der Waals surface area contributed by atoms with Gasteiger partial charge in [0.2, 0.25) is 0 Å². The number of thioether (sulfide) groups is 1. The summed E-state index contributed by atoms with van der Waals surface area (Å²) in [5.41, 5.74) is 1.44. The number of amides is 2. The molecule has 0 spiro atoms. The van der Waals surface area contributed by atoms with Crippen LogP contribution in [-0.2, 0) is 10.5 Å². The van der Waals surface area contributed by atoms with E-state index in [4.69, 9.17) is 5.26 Å². The zero-order valence-corrected chi connectivity index (χ0v) is 15.1. The summed E-state index contributed by atoms with van der Waals surface area (Å²) in [6, 6.07) is 14.7. The van der Waals surface area contributed by atoms with Gasteiger partial charge in [-0.1, -0.05) is 30.3 Å². The van der Waals surface area contributed by atoms with Gasteiger partial charge < -0.3 is 10.4 Å². The number of rotatable bonds is 7. The normalized spacial score (nSPS) is 11.2. The van der Waals surface area contributed by atoms with Crippen LogP contribution in [0.15, 0.2) is 54.6 Å². The second-order valence-corrected chi connectivity index (χ2v) is 6.60. The Morgan fingerprint density at radius 3 is 2.46 bits per heavy atom. The largest absolute Gasteiger partial charge is 0.508 e. The molecule has 0 radical (unpaired) electrons. The van der Waals surface area contributed by atoms with Gasteiger partial charge in [0, 0.05) is 24.1 Å². The van der Waals surface area contributed by atoms with E-state index in [1.165, 1.54) is 43.1 Å². The third-order valence-electron chi connectivity index (χ3n) is 3.61. The smallest absolute Gasteiger partial charge is 0.258 e. The molecule has 2 aromatic rings. The fraction of sp³-hybridized carbons (Fsp3) is 0.211. The number of hydrogen-bond acceptors (Lipinski definition) is 5. The van der Waals surface area contributed by atoms with Gasteiger partial charge in [-0.15, -0.1) is 0 Å². The third kappa shape index (κ3) is 5.53. The summed E-state index contributed by atoms with van der Waals surface area (Å²) in [5.74, 6) is 0.173. The molecule has 0 fully saturated rings. The topological polar surface area (TPSA) is 93.4 Å². The minimum absolute atomic E-state index is 0.0526. The van der Waals surface area contributed by atoms with Crippen LogP contribution >= 0.6 is 11.8 Å². The van der Waals surface area contributed by atoms with Crippen molar-refractivity contribution in [3.63, 3.8) is 0 Å². The second kappa shape index (κ2) is 9.49. The first-order chi connectivity index (χ1) is 12.5. The number of hydrogen-bond donors (Lipinski definition) is 2. The second-order valence-electron chi connectivity index (χ2n) is 5.57. The van der Waals surface area contributed by atoms with E-state index in [2.05, 4.69) is 5.32 Å². The Hall–Kier alpha value is -2.98. The van der Waals surface area contributed by atoms with Crippen LogP contribution in [0.2, 0.25) is 0 Å². The molecule has 0 aliphatic heterocycles. The highest BCUT2D eigenvalue weighted by Gasteiger charge is 2.24. The summed E-state index contributed by atoms with van der Waals surface area (Å²) < 4.78 is 0. The van der Waals surface area contributed by atoms with Crippen molar-refractivity contribution in [1.29, 1.82) is 5.26 Å². The molecule has 2 aromatic carbocycles. The molecule has 0 saturated heterocycles. The average Bonchev–Trinajstić information content (AvgIpc) is 2.67. The summed E-state index contributed by atoms with van der Waals surface area (Å²) in [6.45, 7) is 0. The number of nitriles is 1. The molecule has 0 aliphatic rings. The predicted octanol–water partition coefficient (Wildman–Crippen LogP) is 2.36. The van der Waals surface area contributed by atoms with Crippen molar-refractivity contribution in [2.75, 3.05) is 12.8 Å². The molecule has 0 aliphatic carbocycles. The molecule has 2 N–H and O–H groups in total. The molecule has 134 valence electrons. The van der Waals surface area contributed by atoms with Gasteiger partial charge in [-0.3, -0.25) is 14.5 Å². The van der Waals surface area contributed by atoms with Crippen molar-refractivity contribution in [3.05, 3.63) is 65.7 Å². The van der Waals surface area contributed by atoms with Gasteiger partial charge in [0.15, 0.2) is 6.19 Å². The van der Waals surface area contributed by atoms with Crippen LogP contribution in [0, 0.1) is 11.5 Å². The zero-order chi connectivity index (χ0) is 18.9. The van der Waals surface area contributed by atoms with Gasteiger partial charge in [-0.25, -0.2) is 0 Å². The lowest BCUT2D eigenvalue weighted by atomic mass is 10.2. The molecule has 0 bridgehead atoms. The Morgan fingerprint density at radius 2 is 1.85 bits per heavy atom. The van der Waals surface area contributed by atoms with E-state index >= 15 is 0 Å². The van der Waals surface area contributed by atoms with Crippen molar-refractivity contribution >= 4 is 23.6 Å². The van der Waals surface area contributed by atoms with E-state index < -0.39 is 17.9 Å². The van der Waals surface area contributed by atoms with Crippen molar-refractivity contribution in [2.24, 2.45) is 0 Å². The van der Waals surface area contributed by atoms with E-state index in [0.29, 0.717) is 17.1 Å². The van der Waals surface area contributed by atoms with E-state index in [1.54, 1.807) is 6.19 Å². The number of phenolic OH excluding ortho intramolecular Hbond substituents is 1. The highest BCUT2D eigenvalue weighted by atomic mass is 32.2. The maximum absolute atomic E-state index is 12.4. The van der Waals surface area contributed by atoms with Crippen molar-refractivity contribution in [3.8, 4) is 11.9 Å². The molecule has 26 heavy (non-hydrogen) atoms. The molecule has 2 amide bonds. The van der Waals surface area contributed by atoms with Crippen LogP contribution < -0.4 is 5.32 Å². The Bertz CT molecular complexity index is 788. The van der Waals surface area contributed by atoms with Gasteiger partial charge in [0.05, 0.1) is 0 Å². The van der Waals surface area contributed by atoms with Crippen LogP contribution in [0.4, 0.5) is 0 Å². The van der Waals surface area contributed by atoms with Gasteiger partial charge in [-0.2, -0.15) is 17.0 Å². The van der Waals surface area contributed by atoms with Crippen LogP contribution in [-0.4, -0.2) is 40.7 Å². The zero-order valence-electron chi connectivity index (χ0n) is 14.3. The highest BCUT2D eigenvalue weighted by Crippen LogP contribution is 2.15. The standard InChI is InChI=1S/C19H19N3O3S/c1-22(13-20)19(25)17(12-26-11-14-5-3-2-4-6-14)21-18(24)15-7-9-16(23)10-8-15/h2-10,17,23H,11-12H2,1H3,(H,21,24)/t17-/m0/s1. The predicted molar refractivity (Wildman–Crippen MR) is 100 cm³/mol. The lowest BCUT2D eigenvalue weighted by Crippen LogP contribution is -2.47. The van der Waals surface area contributed by atoms with Crippen LogP contribution in [0.3, 0.4) is 0 Å². The lowest BCUT2D eigenvalue weighted by Gasteiger charge is -2.20. The Labute approximate surface area is 156 Å². The average molecular weight is 369 g/mol. The maximum atomic E-state index is 12.4. The first kappa shape index (κ1) is 19.3. The third-order valence-corrected chi connectivity index (χ3v) is 4.72. The van der Waals surface area contributed by atoms with Gasteiger partial charge in [-0.05, 0) is 29.8 Å². The minimum Gasteiger partial charge on any atom is -0.508 e. The number of nitrogens with zero attached hydrogens (tertiary/aromatic N) is 2. The molecule has 1 atom stereocenters. The minimum atomic E-state index is -0.824. The van der Waals surface area contributed by atoms with Crippen molar-refractivity contribution in [1.82, 2.24) is 10.2 Å². The fourth-order valence-corrected chi connectivity index (χ4v) is 3.19. The Morgan fingerprint density at radius 1 is 1.19 bits per heavy atom. The molecular weight excluding hydrogens is 350 g/mol. The molecule has 7 heteroatoms. The van der Waals surface area contributed by atoms with E-state index in [0.717, 1.165) is 10.5 Å². The molecule has 2 rings (SSSR count). The highest BCUT2D eigenvalue weighted by molar-refractivity contribution is 7.98. The van der Waals surface area contributed by atoms with Crippen molar-refractivity contribution in [2.45, 2.75) is 11.8 Å². The number of benzene rings is 2. The Kier molecular flexibility index (Phi) is 7.06. The summed E-state index contributed by atoms with van der Waals surface area (Å²) in [7, 11) is 1.36. The number of nitrogens with one attached hydrogen (secondary N) is 1. The van der Waals surface area contributed by atoms with Crippen LogP contribution in [0.1, 0.15) is 15.9 Å². The maximum Gasteiger partial charge on any atom is 0.258 e. The quantitative estimate of drug-likeness (QED) is 0.577. The summed E-state index contributed by atoms with van der Waals surface area (Å²) in [5, 5.41) is 20.9. The lowest BCUT2D eigenvalue weighted by molar-refractivity contribution is -0.128. The number of phenols is 1. The van der Waals surface area contributed by atoms with Gasteiger partial charge in [0.1, 0.15) is 11.8 Å². The van der Waals surface area contributed by atoms with Crippen LogP contribution in [0.25, 0.3) is 0 Å². The van der Waals surface area contributed by atoms with Gasteiger partial charge >= 0.3 is 0 Å². The number of carbonyl (C=O) groups excluding carboxylic acids is 2.